The van der Waals surface area contributed by atoms with Crippen LogP contribution in [0.1, 0.15) is 11.5 Å². The van der Waals surface area contributed by atoms with Gasteiger partial charge < -0.3 is 4.57 Å². The minimum Gasteiger partial charge on any atom is -0.327 e. The molecule has 1 aromatic carbocycles. The van der Waals surface area contributed by atoms with Crippen LogP contribution in [0.4, 0.5) is 0 Å². The number of aryl methyl sites for hydroxylation is 2. The molecule has 0 aliphatic carbocycles. The molecule has 2 aromatic heterocycles. The van der Waals surface area contributed by atoms with Gasteiger partial charge in [-0.1, -0.05) is 15.9 Å². The van der Waals surface area contributed by atoms with Gasteiger partial charge in [0.2, 0.25) is 0 Å². The second-order valence-corrected chi connectivity index (χ2v) is 6.08. The highest BCUT2D eigenvalue weighted by Gasteiger charge is 2.10. The molecule has 0 aliphatic heterocycles. The fourth-order valence-corrected chi connectivity index (χ4v) is 3.23. The molecule has 0 saturated carbocycles. The Morgan fingerprint density at radius 3 is 3.00 bits per heavy atom. The first-order chi connectivity index (χ1) is 9.28. The molecule has 98 valence electrons. The van der Waals surface area contributed by atoms with Gasteiger partial charge in [-0.25, -0.2) is 9.97 Å². The summed E-state index contributed by atoms with van der Waals surface area (Å²) < 4.78 is 3.22. The molecule has 0 unspecified atom stereocenters. The molecule has 3 rings (SSSR count). The fraction of sp³-hybridized carbons (Fsp3) is 0.231. The van der Waals surface area contributed by atoms with E-state index in [-0.39, 0.29) is 0 Å². The number of hydrogen-bond donors (Lipinski definition) is 0. The monoisotopic (exact) mass is 355 g/mol. The number of alkyl halides is 1. The average Bonchev–Trinajstić information content (AvgIpc) is 3.03. The van der Waals surface area contributed by atoms with Crippen molar-refractivity contribution < 1.29 is 0 Å². The topological polar surface area (TPSA) is 30.7 Å². The summed E-state index contributed by atoms with van der Waals surface area (Å²) in [6.07, 6.45) is 0.894. The Morgan fingerprint density at radius 2 is 2.26 bits per heavy atom. The molecule has 0 saturated heterocycles. The summed E-state index contributed by atoms with van der Waals surface area (Å²) in [5, 5.41) is 2.08. The minimum atomic E-state index is 0.420. The quantitative estimate of drug-likeness (QED) is 0.655. The lowest BCUT2D eigenvalue weighted by Crippen LogP contribution is -2.05. The van der Waals surface area contributed by atoms with E-state index in [1.807, 2.05) is 17.6 Å². The van der Waals surface area contributed by atoms with Gasteiger partial charge in [0.15, 0.2) is 0 Å². The number of thiazole rings is 1. The molecule has 0 amide bonds. The van der Waals surface area contributed by atoms with Gasteiger partial charge in [-0.05, 0) is 18.2 Å². The molecular weight excluding hydrogens is 346 g/mol. The molecule has 0 atom stereocenters. The molecule has 0 spiro atoms. The van der Waals surface area contributed by atoms with Crippen molar-refractivity contribution in [3.63, 3.8) is 0 Å². The summed E-state index contributed by atoms with van der Waals surface area (Å²) in [5.74, 6) is 1.33. The van der Waals surface area contributed by atoms with Crippen LogP contribution in [-0.2, 0) is 18.8 Å². The molecule has 0 bridgehead atoms. The van der Waals surface area contributed by atoms with Gasteiger partial charge in [0, 0.05) is 22.8 Å². The molecule has 0 N–H and O–H groups in total. The van der Waals surface area contributed by atoms with E-state index in [1.165, 1.54) is 0 Å². The number of aromatic nitrogens is 3. The summed E-state index contributed by atoms with van der Waals surface area (Å²) in [7, 11) is 0. The Kier molecular flexibility index (Phi) is 3.86. The molecular formula is C13H11BrClN3S. The SMILES string of the molecule is ClCc1nc2ccc(Br)cc2n1CCc1cscn1. The normalized spacial score (nSPS) is 11.3. The Bertz CT molecular complexity index is 693. The highest BCUT2D eigenvalue weighted by Crippen LogP contribution is 2.22. The first kappa shape index (κ1) is 13.1. The van der Waals surface area contributed by atoms with Crippen LogP contribution >= 0.6 is 38.9 Å². The third-order valence-corrected chi connectivity index (χ3v) is 4.35. The first-order valence-corrected chi connectivity index (χ1v) is 8.12. The van der Waals surface area contributed by atoms with Gasteiger partial charge in [0.1, 0.15) is 5.82 Å². The first-order valence-electron chi connectivity index (χ1n) is 5.85. The Balaban J connectivity index is 1.97. The summed E-state index contributed by atoms with van der Waals surface area (Å²) >= 11 is 11.1. The fourth-order valence-electron chi connectivity index (χ4n) is 2.08. The van der Waals surface area contributed by atoms with E-state index < -0.39 is 0 Å². The van der Waals surface area contributed by atoms with Gasteiger partial charge in [0.25, 0.3) is 0 Å². The lowest BCUT2D eigenvalue weighted by Gasteiger charge is -2.06. The number of fused-ring (bicyclic) bond motifs is 1. The lowest BCUT2D eigenvalue weighted by molar-refractivity contribution is 0.680. The van der Waals surface area contributed by atoms with E-state index in [0.717, 1.165) is 40.0 Å². The van der Waals surface area contributed by atoms with Crippen molar-refractivity contribution in [2.45, 2.75) is 18.8 Å². The molecule has 19 heavy (non-hydrogen) atoms. The van der Waals surface area contributed by atoms with Gasteiger partial charge in [-0.2, -0.15) is 0 Å². The van der Waals surface area contributed by atoms with E-state index in [9.17, 15) is 0 Å². The van der Waals surface area contributed by atoms with E-state index >= 15 is 0 Å². The predicted molar refractivity (Wildman–Crippen MR) is 82.8 cm³/mol. The van der Waals surface area contributed by atoms with Crippen LogP contribution in [0.15, 0.2) is 33.6 Å². The average molecular weight is 357 g/mol. The van der Waals surface area contributed by atoms with E-state index in [1.54, 1.807) is 11.3 Å². The van der Waals surface area contributed by atoms with E-state index in [2.05, 4.69) is 41.9 Å². The maximum atomic E-state index is 6.00. The van der Waals surface area contributed by atoms with E-state index in [0.29, 0.717) is 5.88 Å². The Labute approximate surface area is 128 Å². The summed E-state index contributed by atoms with van der Waals surface area (Å²) in [5.41, 5.74) is 5.07. The van der Waals surface area contributed by atoms with Crippen molar-refractivity contribution in [1.29, 1.82) is 0 Å². The third kappa shape index (κ3) is 2.68. The van der Waals surface area contributed by atoms with Crippen LogP contribution in [0.2, 0.25) is 0 Å². The van der Waals surface area contributed by atoms with Crippen molar-refractivity contribution in [3.05, 3.63) is 45.1 Å². The number of rotatable bonds is 4. The Hall–Kier alpha value is -0.910. The van der Waals surface area contributed by atoms with Gasteiger partial charge in [0.05, 0.1) is 28.1 Å². The van der Waals surface area contributed by atoms with Crippen molar-refractivity contribution in [1.82, 2.24) is 14.5 Å². The highest BCUT2D eigenvalue weighted by atomic mass is 79.9. The molecule has 6 heteroatoms. The number of benzene rings is 1. The van der Waals surface area contributed by atoms with Crippen LogP contribution in [-0.4, -0.2) is 14.5 Å². The van der Waals surface area contributed by atoms with Crippen LogP contribution < -0.4 is 0 Å². The van der Waals surface area contributed by atoms with Crippen LogP contribution in [0.5, 0.6) is 0 Å². The summed E-state index contributed by atoms with van der Waals surface area (Å²) in [6.45, 7) is 0.846. The summed E-state index contributed by atoms with van der Waals surface area (Å²) in [4.78, 5) is 8.88. The zero-order valence-electron chi connectivity index (χ0n) is 10.0. The smallest absolute Gasteiger partial charge is 0.124 e. The largest absolute Gasteiger partial charge is 0.327 e. The highest BCUT2D eigenvalue weighted by molar-refractivity contribution is 9.10. The minimum absolute atomic E-state index is 0.420. The molecule has 0 aliphatic rings. The van der Waals surface area contributed by atoms with Crippen molar-refractivity contribution in [3.8, 4) is 0 Å². The maximum absolute atomic E-state index is 6.00. The van der Waals surface area contributed by atoms with E-state index in [4.69, 9.17) is 11.6 Å². The molecule has 3 nitrogen and oxygen atoms in total. The number of halogens is 2. The standard InChI is InChI=1S/C13H11BrClN3S/c14-9-1-2-11-12(5-9)18(13(6-15)17-11)4-3-10-7-19-8-16-10/h1-2,5,7-8H,3-4,6H2. The van der Waals surface area contributed by atoms with Crippen molar-refractivity contribution in [2.75, 3.05) is 0 Å². The predicted octanol–water partition coefficient (Wildman–Crippen LogP) is 4.24. The second kappa shape index (κ2) is 5.61. The van der Waals surface area contributed by atoms with Gasteiger partial charge in [-0.3, -0.25) is 0 Å². The van der Waals surface area contributed by atoms with Crippen LogP contribution in [0.25, 0.3) is 11.0 Å². The van der Waals surface area contributed by atoms with Crippen molar-refractivity contribution >= 4 is 49.9 Å². The van der Waals surface area contributed by atoms with Crippen LogP contribution in [0.3, 0.4) is 0 Å². The number of imidazole rings is 1. The summed E-state index contributed by atoms with van der Waals surface area (Å²) in [6, 6.07) is 6.09. The van der Waals surface area contributed by atoms with Crippen molar-refractivity contribution in [2.24, 2.45) is 0 Å². The van der Waals surface area contributed by atoms with Gasteiger partial charge in [-0.15, -0.1) is 22.9 Å². The molecule has 2 heterocycles. The number of hydrogen-bond acceptors (Lipinski definition) is 3. The zero-order chi connectivity index (χ0) is 13.2. The molecule has 3 aromatic rings. The molecule has 0 radical (unpaired) electrons. The van der Waals surface area contributed by atoms with Gasteiger partial charge >= 0.3 is 0 Å². The van der Waals surface area contributed by atoms with Crippen LogP contribution in [0, 0.1) is 0 Å². The third-order valence-electron chi connectivity index (χ3n) is 2.98. The Morgan fingerprint density at radius 1 is 1.37 bits per heavy atom. The molecule has 0 fully saturated rings. The second-order valence-electron chi connectivity index (χ2n) is 4.18. The number of nitrogens with zero attached hydrogens (tertiary/aromatic N) is 3. The lowest BCUT2D eigenvalue weighted by atomic mass is 10.3. The maximum Gasteiger partial charge on any atom is 0.124 e. The zero-order valence-corrected chi connectivity index (χ0v) is 13.2.